The number of hydrogen-bond donors (Lipinski definition) is 0. The van der Waals surface area contributed by atoms with Gasteiger partial charge in [0.05, 0.1) is 11.1 Å². The van der Waals surface area contributed by atoms with Crippen molar-refractivity contribution in [3.63, 3.8) is 0 Å². The van der Waals surface area contributed by atoms with Crippen molar-refractivity contribution in [2.45, 2.75) is 5.41 Å². The van der Waals surface area contributed by atoms with Crippen LogP contribution in [-0.2, 0) is 5.41 Å². The molecule has 0 saturated heterocycles. The molecule has 1 spiro atoms. The molecule has 340 valence electrons. The highest BCUT2D eigenvalue weighted by Gasteiger charge is 2.53. The lowest BCUT2D eigenvalue weighted by Crippen LogP contribution is -2.26. The molecule has 0 radical (unpaired) electrons. The first-order valence-electron chi connectivity index (χ1n) is 25.1. The predicted octanol–water partition coefficient (Wildman–Crippen LogP) is 19.1. The van der Waals surface area contributed by atoms with Gasteiger partial charge in [-0.25, -0.2) is 0 Å². The van der Waals surface area contributed by atoms with E-state index in [4.69, 9.17) is 8.83 Å². The first-order valence-corrected chi connectivity index (χ1v) is 25.1. The summed E-state index contributed by atoms with van der Waals surface area (Å²) in [6.07, 6.45) is 0. The van der Waals surface area contributed by atoms with Gasteiger partial charge in [0, 0.05) is 55.4 Å². The molecule has 12 aromatic carbocycles. The standard InChI is InChI=1S/C69H42N2O2/c1-3-18-44(19-4-1)70(46-33-37-65-56(39-46)52-25-11-15-29-63(52)72-65)48-32-36-54-60(41-48)69(58-27-13-9-23-50(58)51-24-10-14-28-59(51)69)61-42-62(55-35-31-43-17-7-8-22-49(43)67(55)68(54)61)71(45-20-5-2-6-21-45)47-34-38-66-57(40-47)53-26-12-16-30-64(53)73-66/h1-42H. The lowest BCUT2D eigenvalue weighted by Gasteiger charge is -2.34. The Morgan fingerprint density at radius 2 is 0.767 bits per heavy atom. The van der Waals surface area contributed by atoms with Crippen LogP contribution in [0.4, 0.5) is 34.1 Å². The van der Waals surface area contributed by atoms with Gasteiger partial charge in [-0.3, -0.25) is 0 Å². The molecule has 2 aliphatic carbocycles. The summed E-state index contributed by atoms with van der Waals surface area (Å²) >= 11 is 0. The molecular weight excluding hydrogens is 889 g/mol. The van der Waals surface area contributed by atoms with Crippen molar-refractivity contribution in [2.24, 2.45) is 0 Å². The SMILES string of the molecule is c1ccc(N(c2ccc3c(c2)C2(c4ccccc4-c4ccccc42)c2cc(N(c4ccccc4)c4ccc5oc6ccccc6c5c4)c4ccc5ccccc5c4c2-3)c2ccc3oc4ccccc4c3c2)cc1. The van der Waals surface area contributed by atoms with Gasteiger partial charge in [-0.15, -0.1) is 0 Å². The van der Waals surface area contributed by atoms with Crippen molar-refractivity contribution >= 4 is 99.5 Å². The number of nitrogens with zero attached hydrogens (tertiary/aromatic N) is 2. The maximum atomic E-state index is 6.43. The first-order chi connectivity index (χ1) is 36.2. The highest BCUT2D eigenvalue weighted by Crippen LogP contribution is 2.66. The van der Waals surface area contributed by atoms with Gasteiger partial charge in [0.2, 0.25) is 0 Å². The van der Waals surface area contributed by atoms with Crippen LogP contribution in [0, 0.1) is 0 Å². The third kappa shape index (κ3) is 5.60. The highest BCUT2D eigenvalue weighted by molar-refractivity contribution is 6.22. The van der Waals surface area contributed by atoms with E-state index in [1.54, 1.807) is 0 Å². The van der Waals surface area contributed by atoms with Crippen LogP contribution in [0.2, 0.25) is 0 Å². The fourth-order valence-electron chi connectivity index (χ4n) is 12.8. The van der Waals surface area contributed by atoms with Gasteiger partial charge in [0.1, 0.15) is 22.3 Å². The van der Waals surface area contributed by atoms with Gasteiger partial charge in [-0.2, -0.15) is 0 Å². The fraction of sp³-hybridized carbons (Fsp3) is 0.0145. The van der Waals surface area contributed by atoms with E-state index in [9.17, 15) is 0 Å². The molecule has 0 fully saturated rings. The molecule has 0 saturated carbocycles. The Hall–Kier alpha value is -9.64. The summed E-state index contributed by atoms with van der Waals surface area (Å²) < 4.78 is 12.8. The molecule has 4 heteroatoms. The van der Waals surface area contributed by atoms with E-state index < -0.39 is 5.41 Å². The van der Waals surface area contributed by atoms with Crippen molar-refractivity contribution in [2.75, 3.05) is 9.80 Å². The molecule has 0 unspecified atom stereocenters. The van der Waals surface area contributed by atoms with Gasteiger partial charge in [-0.05, 0) is 152 Å². The first kappa shape index (κ1) is 40.1. The van der Waals surface area contributed by atoms with Crippen LogP contribution in [0.15, 0.2) is 264 Å². The molecule has 0 atom stereocenters. The summed E-state index contributed by atoms with van der Waals surface area (Å²) in [5.74, 6) is 0. The van der Waals surface area contributed by atoms with Crippen molar-refractivity contribution < 1.29 is 8.83 Å². The Morgan fingerprint density at radius 3 is 1.41 bits per heavy atom. The Kier molecular flexibility index (Phi) is 8.35. The smallest absolute Gasteiger partial charge is 0.135 e. The molecule has 2 aliphatic rings. The van der Waals surface area contributed by atoms with Gasteiger partial charge < -0.3 is 18.6 Å². The van der Waals surface area contributed by atoms with Crippen LogP contribution < -0.4 is 9.80 Å². The number of fused-ring (bicyclic) bond motifs is 20. The molecule has 14 aromatic rings. The van der Waals surface area contributed by atoms with E-state index in [1.807, 2.05) is 12.1 Å². The van der Waals surface area contributed by atoms with E-state index in [1.165, 1.54) is 66.1 Å². The number of rotatable bonds is 6. The minimum atomic E-state index is -0.687. The lowest BCUT2D eigenvalue weighted by atomic mass is 9.70. The molecule has 0 amide bonds. The zero-order valence-corrected chi connectivity index (χ0v) is 39.5. The minimum Gasteiger partial charge on any atom is -0.456 e. The molecule has 4 nitrogen and oxygen atoms in total. The van der Waals surface area contributed by atoms with Crippen LogP contribution in [0.25, 0.3) is 87.7 Å². The number of para-hydroxylation sites is 4. The van der Waals surface area contributed by atoms with Crippen LogP contribution in [0.1, 0.15) is 22.3 Å². The van der Waals surface area contributed by atoms with Gasteiger partial charge in [-0.1, -0.05) is 164 Å². The normalized spacial score (nSPS) is 13.0. The van der Waals surface area contributed by atoms with Crippen LogP contribution in [0.3, 0.4) is 0 Å². The predicted molar refractivity (Wildman–Crippen MR) is 302 cm³/mol. The van der Waals surface area contributed by atoms with E-state index in [2.05, 4.69) is 252 Å². The Bertz CT molecular complexity index is 4540. The molecule has 16 rings (SSSR count). The monoisotopic (exact) mass is 930 g/mol. The van der Waals surface area contributed by atoms with E-state index in [0.717, 1.165) is 78.0 Å². The Labute approximate surface area is 420 Å². The largest absolute Gasteiger partial charge is 0.456 e. The van der Waals surface area contributed by atoms with E-state index in [0.29, 0.717) is 0 Å². The molecule has 2 aromatic heterocycles. The zero-order valence-electron chi connectivity index (χ0n) is 39.5. The van der Waals surface area contributed by atoms with E-state index in [-0.39, 0.29) is 0 Å². The maximum absolute atomic E-state index is 6.43. The van der Waals surface area contributed by atoms with Crippen LogP contribution >= 0.6 is 0 Å². The molecule has 2 heterocycles. The number of hydrogen-bond acceptors (Lipinski definition) is 4. The van der Waals surface area contributed by atoms with E-state index >= 15 is 0 Å². The van der Waals surface area contributed by atoms with Crippen molar-refractivity contribution in [1.29, 1.82) is 0 Å². The number of furan rings is 2. The van der Waals surface area contributed by atoms with Crippen molar-refractivity contribution in [3.05, 3.63) is 277 Å². The molecule has 73 heavy (non-hydrogen) atoms. The van der Waals surface area contributed by atoms with Crippen molar-refractivity contribution in [1.82, 2.24) is 0 Å². The van der Waals surface area contributed by atoms with Crippen LogP contribution in [-0.4, -0.2) is 0 Å². The maximum Gasteiger partial charge on any atom is 0.135 e. The summed E-state index contributed by atoms with van der Waals surface area (Å²) in [6, 6.07) is 93.3. The lowest BCUT2D eigenvalue weighted by molar-refractivity contribution is 0.668. The quantitative estimate of drug-likeness (QED) is 0.156. The van der Waals surface area contributed by atoms with Crippen LogP contribution in [0.5, 0.6) is 0 Å². The highest BCUT2D eigenvalue weighted by atomic mass is 16.3. The summed E-state index contributed by atoms with van der Waals surface area (Å²) in [5, 5.41) is 9.23. The topological polar surface area (TPSA) is 32.8 Å². The molecular formula is C69H42N2O2. The molecule has 0 aliphatic heterocycles. The average Bonchev–Trinajstić information content (AvgIpc) is 4.19. The minimum absolute atomic E-state index is 0.687. The second-order valence-corrected chi connectivity index (χ2v) is 19.5. The summed E-state index contributed by atoms with van der Waals surface area (Å²) in [7, 11) is 0. The van der Waals surface area contributed by atoms with Gasteiger partial charge in [0.15, 0.2) is 0 Å². The Balaban J connectivity index is 1.03. The number of benzene rings is 12. The summed E-state index contributed by atoms with van der Waals surface area (Å²) in [6.45, 7) is 0. The Morgan fingerprint density at radius 1 is 0.274 bits per heavy atom. The zero-order chi connectivity index (χ0) is 47.8. The summed E-state index contributed by atoms with van der Waals surface area (Å²) in [4.78, 5) is 4.89. The molecule has 0 bridgehead atoms. The number of anilines is 6. The summed E-state index contributed by atoms with van der Waals surface area (Å²) in [5.41, 5.74) is 19.4. The average molecular weight is 931 g/mol. The fourth-order valence-corrected chi connectivity index (χ4v) is 12.8. The third-order valence-electron chi connectivity index (χ3n) is 15.8. The third-order valence-corrected chi connectivity index (χ3v) is 15.8. The molecule has 0 N–H and O–H groups in total. The van der Waals surface area contributed by atoms with Gasteiger partial charge in [0.25, 0.3) is 0 Å². The van der Waals surface area contributed by atoms with Gasteiger partial charge >= 0.3 is 0 Å². The second kappa shape index (κ2) is 15.2. The second-order valence-electron chi connectivity index (χ2n) is 19.5. The van der Waals surface area contributed by atoms with Crippen molar-refractivity contribution in [3.8, 4) is 22.3 Å².